The summed E-state index contributed by atoms with van der Waals surface area (Å²) >= 11 is 1.36. The fourth-order valence-corrected chi connectivity index (χ4v) is 6.19. The van der Waals surface area contributed by atoms with Gasteiger partial charge in [-0.25, -0.2) is 13.4 Å². The molecular weight excluding hydrogens is 446 g/mol. The van der Waals surface area contributed by atoms with Crippen LogP contribution in [-0.4, -0.2) is 48.9 Å². The lowest BCUT2D eigenvalue weighted by Crippen LogP contribution is -2.48. The maximum Gasteiger partial charge on any atom is 0.264 e. The van der Waals surface area contributed by atoms with Gasteiger partial charge >= 0.3 is 0 Å². The summed E-state index contributed by atoms with van der Waals surface area (Å²) in [7, 11) is -3.77. The number of carbonyl (C=O) groups is 1. The first-order chi connectivity index (χ1) is 15.3. The summed E-state index contributed by atoms with van der Waals surface area (Å²) in [5.41, 5.74) is 1.75. The van der Waals surface area contributed by atoms with Crippen molar-refractivity contribution in [1.29, 1.82) is 0 Å². The van der Waals surface area contributed by atoms with E-state index in [4.69, 9.17) is 4.74 Å². The maximum absolute atomic E-state index is 13.6. The van der Waals surface area contributed by atoms with E-state index in [1.165, 1.54) is 32.7 Å². The van der Waals surface area contributed by atoms with Gasteiger partial charge < -0.3 is 4.74 Å². The van der Waals surface area contributed by atoms with Crippen molar-refractivity contribution in [3.63, 3.8) is 0 Å². The van der Waals surface area contributed by atoms with E-state index in [-0.39, 0.29) is 41.7 Å². The lowest BCUT2D eigenvalue weighted by molar-refractivity contribution is -0.0440. The summed E-state index contributed by atoms with van der Waals surface area (Å²) < 4.78 is 33.7. The Bertz CT molecular complexity index is 1200. The molecule has 0 radical (unpaired) electrons. The van der Waals surface area contributed by atoms with Gasteiger partial charge in [0.1, 0.15) is 0 Å². The van der Waals surface area contributed by atoms with E-state index >= 15 is 0 Å². The standard InChI is InChI=1S/C23H25N3O4S2/c1-16-15-31-23(24-16)26(20-9-5-4-6-10-20)22(27)19-8-7-11-21(12-19)32(28,29)25-13-17(2)30-18(3)14-25/h4-12,15,17-18H,13-14H2,1-3H3. The molecule has 2 aromatic carbocycles. The molecule has 1 aliphatic heterocycles. The first-order valence-electron chi connectivity index (χ1n) is 10.3. The molecule has 9 heteroatoms. The van der Waals surface area contributed by atoms with Crippen molar-refractivity contribution in [2.45, 2.75) is 37.9 Å². The minimum atomic E-state index is -3.77. The second-order valence-corrected chi connectivity index (χ2v) is 10.6. The molecule has 3 aromatic rings. The summed E-state index contributed by atoms with van der Waals surface area (Å²) in [6.07, 6.45) is -0.389. The highest BCUT2D eigenvalue weighted by Crippen LogP contribution is 2.31. The molecule has 4 rings (SSSR count). The van der Waals surface area contributed by atoms with E-state index in [2.05, 4.69) is 4.98 Å². The van der Waals surface area contributed by atoms with Crippen LogP contribution < -0.4 is 4.90 Å². The Morgan fingerprint density at radius 2 is 1.78 bits per heavy atom. The highest BCUT2D eigenvalue weighted by Gasteiger charge is 2.33. The third-order valence-electron chi connectivity index (χ3n) is 5.12. The van der Waals surface area contributed by atoms with Crippen LogP contribution in [-0.2, 0) is 14.8 Å². The van der Waals surface area contributed by atoms with Crippen LogP contribution in [0.5, 0.6) is 0 Å². The number of morpholine rings is 1. The molecule has 0 saturated carbocycles. The van der Waals surface area contributed by atoms with Gasteiger partial charge in [0.25, 0.3) is 5.91 Å². The quantitative estimate of drug-likeness (QED) is 0.556. The number of rotatable bonds is 5. The Hall–Kier alpha value is -2.59. The molecule has 1 aliphatic rings. The number of amides is 1. The first-order valence-corrected chi connectivity index (χ1v) is 12.6. The highest BCUT2D eigenvalue weighted by molar-refractivity contribution is 7.89. The van der Waals surface area contributed by atoms with Crippen LogP contribution in [0.4, 0.5) is 10.8 Å². The summed E-state index contributed by atoms with van der Waals surface area (Å²) in [5.74, 6) is -0.341. The van der Waals surface area contributed by atoms with Crippen LogP contribution >= 0.6 is 11.3 Å². The third kappa shape index (κ3) is 4.61. The Kier molecular flexibility index (Phi) is 6.43. The molecule has 0 aliphatic carbocycles. The fraction of sp³-hybridized carbons (Fsp3) is 0.304. The molecule has 0 spiro atoms. The topological polar surface area (TPSA) is 79.8 Å². The molecule has 7 nitrogen and oxygen atoms in total. The Morgan fingerprint density at radius 3 is 2.41 bits per heavy atom. The highest BCUT2D eigenvalue weighted by atomic mass is 32.2. The summed E-state index contributed by atoms with van der Waals surface area (Å²) in [6, 6.07) is 15.4. The summed E-state index contributed by atoms with van der Waals surface area (Å²) in [4.78, 5) is 19.7. The zero-order chi connectivity index (χ0) is 22.9. The lowest BCUT2D eigenvalue weighted by Gasteiger charge is -2.34. The number of aromatic nitrogens is 1. The maximum atomic E-state index is 13.6. The molecule has 1 saturated heterocycles. The van der Waals surface area contributed by atoms with Crippen molar-refractivity contribution in [3.8, 4) is 0 Å². The van der Waals surface area contributed by atoms with Crippen molar-refractivity contribution in [2.75, 3.05) is 18.0 Å². The molecule has 32 heavy (non-hydrogen) atoms. The normalized spacial score (nSPS) is 19.6. The average molecular weight is 472 g/mol. The van der Waals surface area contributed by atoms with Gasteiger partial charge in [0, 0.05) is 24.0 Å². The molecule has 1 aromatic heterocycles. The fourth-order valence-electron chi connectivity index (χ4n) is 3.73. The molecule has 168 valence electrons. The van der Waals surface area contributed by atoms with Crippen LogP contribution in [0.3, 0.4) is 0 Å². The van der Waals surface area contributed by atoms with Crippen molar-refractivity contribution in [3.05, 3.63) is 71.2 Å². The van der Waals surface area contributed by atoms with E-state index in [0.29, 0.717) is 10.8 Å². The van der Waals surface area contributed by atoms with Gasteiger partial charge in [0.15, 0.2) is 5.13 Å². The van der Waals surface area contributed by atoms with E-state index in [1.54, 1.807) is 12.1 Å². The van der Waals surface area contributed by atoms with Gasteiger partial charge in [-0.15, -0.1) is 11.3 Å². The molecule has 1 amide bonds. The number of benzene rings is 2. The van der Waals surface area contributed by atoms with Crippen molar-refractivity contribution in [1.82, 2.24) is 9.29 Å². The molecule has 2 unspecified atom stereocenters. The number of carbonyl (C=O) groups excluding carboxylic acids is 1. The number of hydrogen-bond donors (Lipinski definition) is 0. The molecule has 1 fully saturated rings. The van der Waals surface area contributed by atoms with E-state index in [0.717, 1.165) is 5.69 Å². The lowest BCUT2D eigenvalue weighted by atomic mass is 10.2. The Balaban J connectivity index is 1.70. The van der Waals surface area contributed by atoms with Gasteiger partial charge in [-0.05, 0) is 51.1 Å². The minimum absolute atomic E-state index is 0.0907. The third-order valence-corrected chi connectivity index (χ3v) is 7.89. The number of ether oxygens (including phenoxy) is 1. The van der Waals surface area contributed by atoms with E-state index < -0.39 is 10.0 Å². The van der Waals surface area contributed by atoms with Crippen LogP contribution in [0.1, 0.15) is 29.9 Å². The zero-order valence-corrected chi connectivity index (χ0v) is 19.8. The largest absolute Gasteiger partial charge is 0.373 e. The van der Waals surface area contributed by atoms with Crippen LogP contribution in [0.15, 0.2) is 64.9 Å². The van der Waals surface area contributed by atoms with Gasteiger partial charge in [-0.3, -0.25) is 9.69 Å². The number of hydrogen-bond acceptors (Lipinski definition) is 6. The van der Waals surface area contributed by atoms with Crippen molar-refractivity contribution < 1.29 is 17.9 Å². The molecule has 0 bridgehead atoms. The van der Waals surface area contributed by atoms with Gasteiger partial charge in [0.2, 0.25) is 10.0 Å². The number of sulfonamides is 1. The van der Waals surface area contributed by atoms with E-state index in [9.17, 15) is 13.2 Å². The van der Waals surface area contributed by atoms with Crippen LogP contribution in [0.25, 0.3) is 0 Å². The number of thiazole rings is 1. The predicted molar refractivity (Wildman–Crippen MR) is 125 cm³/mol. The zero-order valence-electron chi connectivity index (χ0n) is 18.1. The summed E-state index contributed by atoms with van der Waals surface area (Å²) in [6.45, 7) is 6.13. The van der Waals surface area contributed by atoms with Gasteiger partial charge in [-0.1, -0.05) is 24.3 Å². The van der Waals surface area contributed by atoms with Gasteiger partial charge in [0.05, 0.1) is 28.5 Å². The van der Waals surface area contributed by atoms with Crippen LogP contribution in [0.2, 0.25) is 0 Å². The minimum Gasteiger partial charge on any atom is -0.373 e. The predicted octanol–water partition coefficient (Wildman–Crippen LogP) is 4.23. The Labute approximate surface area is 192 Å². The smallest absolute Gasteiger partial charge is 0.264 e. The number of nitrogens with zero attached hydrogens (tertiary/aromatic N) is 3. The van der Waals surface area contributed by atoms with Gasteiger partial charge in [-0.2, -0.15) is 4.31 Å². The SMILES string of the molecule is Cc1csc(N(C(=O)c2cccc(S(=O)(=O)N3CC(C)OC(C)C3)c2)c2ccccc2)n1. The molecule has 0 N–H and O–H groups in total. The molecule has 2 atom stereocenters. The molecular formula is C23H25N3O4S2. The van der Waals surface area contributed by atoms with Crippen molar-refractivity contribution in [2.24, 2.45) is 0 Å². The average Bonchev–Trinajstić information content (AvgIpc) is 3.19. The second-order valence-electron chi connectivity index (χ2n) is 7.85. The second kappa shape index (κ2) is 9.11. The van der Waals surface area contributed by atoms with Crippen molar-refractivity contribution >= 4 is 38.1 Å². The summed E-state index contributed by atoms with van der Waals surface area (Å²) in [5, 5.41) is 2.41. The van der Waals surface area contributed by atoms with Crippen LogP contribution in [0, 0.1) is 6.92 Å². The number of aryl methyl sites for hydroxylation is 1. The Morgan fingerprint density at radius 1 is 1.09 bits per heavy atom. The first kappa shape index (κ1) is 22.6. The molecule has 2 heterocycles. The monoisotopic (exact) mass is 471 g/mol. The van der Waals surface area contributed by atoms with E-state index in [1.807, 2.05) is 56.5 Å². The number of anilines is 2. The number of para-hydroxylation sites is 1.